The zero-order chi connectivity index (χ0) is 13.4. The van der Waals surface area contributed by atoms with Crippen LogP contribution in [0.1, 0.15) is 22.5 Å². The topological polar surface area (TPSA) is 74.3 Å². The molecule has 19 heavy (non-hydrogen) atoms. The molecule has 0 aliphatic carbocycles. The number of hydrogen-bond acceptors (Lipinski definition) is 3. The van der Waals surface area contributed by atoms with Gasteiger partial charge in [0.25, 0.3) is 0 Å². The van der Waals surface area contributed by atoms with Gasteiger partial charge in [-0.15, -0.1) is 0 Å². The van der Waals surface area contributed by atoms with Crippen LogP contribution >= 0.6 is 0 Å². The number of rotatable bonds is 3. The standard InChI is InChI=1S/C14H16N2O3/c1-8-13(14(17)18)11-6-9(2-3-12(11)16-8)19-10-4-5-15-7-10/h2-3,6,10,15-16H,4-5,7H2,1H3,(H,17,18). The first-order valence-electron chi connectivity index (χ1n) is 6.38. The molecule has 1 aliphatic heterocycles. The van der Waals surface area contributed by atoms with Crippen LogP contribution in [0.25, 0.3) is 10.9 Å². The highest BCUT2D eigenvalue weighted by molar-refractivity contribution is 6.05. The summed E-state index contributed by atoms with van der Waals surface area (Å²) in [5, 5.41) is 13.2. The van der Waals surface area contributed by atoms with Gasteiger partial charge in [0.1, 0.15) is 11.9 Å². The Morgan fingerprint density at radius 2 is 2.32 bits per heavy atom. The molecule has 1 unspecified atom stereocenters. The van der Waals surface area contributed by atoms with Crippen molar-refractivity contribution in [1.82, 2.24) is 10.3 Å². The number of hydrogen-bond donors (Lipinski definition) is 3. The Hall–Kier alpha value is -2.01. The highest BCUT2D eigenvalue weighted by Gasteiger charge is 2.18. The summed E-state index contributed by atoms with van der Waals surface area (Å²) in [6.45, 7) is 3.58. The Balaban J connectivity index is 1.98. The Labute approximate surface area is 110 Å². The highest BCUT2D eigenvalue weighted by Crippen LogP contribution is 2.27. The summed E-state index contributed by atoms with van der Waals surface area (Å²) in [6, 6.07) is 5.55. The summed E-state index contributed by atoms with van der Waals surface area (Å²) in [4.78, 5) is 14.4. The summed E-state index contributed by atoms with van der Waals surface area (Å²) in [5.74, 6) is -0.189. The number of aryl methyl sites for hydroxylation is 1. The van der Waals surface area contributed by atoms with E-state index >= 15 is 0 Å². The van der Waals surface area contributed by atoms with Crippen molar-refractivity contribution in [2.24, 2.45) is 0 Å². The van der Waals surface area contributed by atoms with Gasteiger partial charge in [0, 0.05) is 23.1 Å². The Morgan fingerprint density at radius 3 is 3.00 bits per heavy atom. The summed E-state index contributed by atoms with van der Waals surface area (Å²) in [6.07, 6.45) is 1.15. The largest absolute Gasteiger partial charge is 0.489 e. The second-order valence-corrected chi connectivity index (χ2v) is 4.87. The van der Waals surface area contributed by atoms with E-state index in [1.807, 2.05) is 12.1 Å². The molecule has 5 nitrogen and oxygen atoms in total. The molecule has 1 atom stereocenters. The number of H-pyrrole nitrogens is 1. The van der Waals surface area contributed by atoms with Crippen LogP contribution in [0.4, 0.5) is 0 Å². The van der Waals surface area contributed by atoms with Crippen LogP contribution in [0, 0.1) is 6.92 Å². The molecular formula is C14H16N2O3. The van der Waals surface area contributed by atoms with E-state index in [0.29, 0.717) is 16.6 Å². The van der Waals surface area contributed by atoms with E-state index in [1.54, 1.807) is 13.0 Å². The van der Waals surface area contributed by atoms with Gasteiger partial charge >= 0.3 is 5.97 Å². The normalized spacial score (nSPS) is 18.9. The number of benzene rings is 1. The summed E-state index contributed by atoms with van der Waals surface area (Å²) < 4.78 is 5.86. The van der Waals surface area contributed by atoms with Gasteiger partial charge < -0.3 is 20.1 Å². The Bertz CT molecular complexity index is 627. The van der Waals surface area contributed by atoms with Gasteiger partial charge in [0.05, 0.1) is 5.56 Å². The predicted octanol–water partition coefficient (Wildman–Crippen LogP) is 1.92. The maximum absolute atomic E-state index is 11.3. The highest BCUT2D eigenvalue weighted by atomic mass is 16.5. The molecule has 0 spiro atoms. The zero-order valence-electron chi connectivity index (χ0n) is 10.7. The van der Waals surface area contributed by atoms with Crippen molar-refractivity contribution in [3.8, 4) is 5.75 Å². The van der Waals surface area contributed by atoms with Gasteiger partial charge in [-0.1, -0.05) is 0 Å². The predicted molar refractivity (Wildman–Crippen MR) is 71.9 cm³/mol. The number of carboxylic acids is 1. The first-order chi connectivity index (χ1) is 9.15. The Kier molecular flexibility index (Phi) is 2.91. The Morgan fingerprint density at radius 1 is 1.47 bits per heavy atom. The molecule has 3 rings (SSSR count). The minimum absolute atomic E-state index is 0.172. The third kappa shape index (κ3) is 2.17. The van der Waals surface area contributed by atoms with Crippen LogP contribution in [-0.2, 0) is 0 Å². The quantitative estimate of drug-likeness (QED) is 0.788. The van der Waals surface area contributed by atoms with Crippen molar-refractivity contribution in [2.45, 2.75) is 19.4 Å². The van der Waals surface area contributed by atoms with E-state index in [0.717, 1.165) is 30.8 Å². The zero-order valence-corrected chi connectivity index (χ0v) is 10.7. The monoisotopic (exact) mass is 260 g/mol. The van der Waals surface area contributed by atoms with Crippen molar-refractivity contribution in [3.63, 3.8) is 0 Å². The fourth-order valence-corrected chi connectivity index (χ4v) is 2.58. The maximum Gasteiger partial charge on any atom is 0.338 e. The fraction of sp³-hybridized carbons (Fsp3) is 0.357. The molecule has 1 fully saturated rings. The number of aromatic nitrogens is 1. The molecule has 1 aliphatic rings. The average molecular weight is 260 g/mol. The first kappa shape index (κ1) is 12.0. The lowest BCUT2D eigenvalue weighted by molar-refractivity contribution is 0.0698. The molecular weight excluding hydrogens is 244 g/mol. The molecule has 5 heteroatoms. The summed E-state index contributed by atoms with van der Waals surface area (Å²) in [7, 11) is 0. The van der Waals surface area contributed by atoms with Crippen LogP contribution < -0.4 is 10.1 Å². The van der Waals surface area contributed by atoms with Gasteiger partial charge in [-0.2, -0.15) is 0 Å². The van der Waals surface area contributed by atoms with Crippen molar-refractivity contribution >= 4 is 16.9 Å². The van der Waals surface area contributed by atoms with E-state index in [2.05, 4.69) is 10.3 Å². The smallest absolute Gasteiger partial charge is 0.338 e. The van der Waals surface area contributed by atoms with Crippen LogP contribution in [0.5, 0.6) is 5.75 Å². The SMILES string of the molecule is Cc1[nH]c2ccc(OC3CCNC3)cc2c1C(=O)O. The average Bonchev–Trinajstić information content (AvgIpc) is 2.95. The molecule has 3 N–H and O–H groups in total. The molecule has 0 radical (unpaired) electrons. The molecule has 0 bridgehead atoms. The molecule has 1 aromatic heterocycles. The van der Waals surface area contributed by atoms with Crippen molar-refractivity contribution in [3.05, 3.63) is 29.5 Å². The van der Waals surface area contributed by atoms with Crippen LogP contribution in [0.15, 0.2) is 18.2 Å². The van der Waals surface area contributed by atoms with E-state index in [-0.39, 0.29) is 6.10 Å². The first-order valence-corrected chi connectivity index (χ1v) is 6.38. The third-order valence-corrected chi connectivity index (χ3v) is 3.49. The van der Waals surface area contributed by atoms with Crippen molar-refractivity contribution < 1.29 is 14.6 Å². The van der Waals surface area contributed by atoms with Gasteiger partial charge in [-0.05, 0) is 38.1 Å². The molecule has 1 saturated heterocycles. The number of ether oxygens (including phenoxy) is 1. The molecule has 0 amide bonds. The lowest BCUT2D eigenvalue weighted by Gasteiger charge is -2.12. The van der Waals surface area contributed by atoms with Gasteiger partial charge in [-0.25, -0.2) is 4.79 Å². The minimum atomic E-state index is -0.913. The second-order valence-electron chi connectivity index (χ2n) is 4.87. The number of fused-ring (bicyclic) bond motifs is 1. The maximum atomic E-state index is 11.3. The molecule has 2 aromatic rings. The van der Waals surface area contributed by atoms with Crippen LogP contribution in [-0.4, -0.2) is 35.3 Å². The number of carboxylic acid groups (broad SMARTS) is 1. The number of aromatic amines is 1. The fourth-order valence-electron chi connectivity index (χ4n) is 2.58. The summed E-state index contributed by atoms with van der Waals surface area (Å²) in [5.41, 5.74) is 1.82. The second kappa shape index (κ2) is 4.59. The third-order valence-electron chi connectivity index (χ3n) is 3.49. The lowest BCUT2D eigenvalue weighted by atomic mass is 10.1. The summed E-state index contributed by atoms with van der Waals surface area (Å²) >= 11 is 0. The molecule has 2 heterocycles. The number of carbonyl (C=O) groups is 1. The molecule has 1 aromatic carbocycles. The molecule has 100 valence electrons. The minimum Gasteiger partial charge on any atom is -0.489 e. The van der Waals surface area contributed by atoms with E-state index < -0.39 is 5.97 Å². The van der Waals surface area contributed by atoms with E-state index in [1.165, 1.54) is 0 Å². The number of aromatic carboxylic acids is 1. The van der Waals surface area contributed by atoms with Gasteiger partial charge in [0.2, 0.25) is 0 Å². The van der Waals surface area contributed by atoms with Gasteiger partial charge in [-0.3, -0.25) is 0 Å². The van der Waals surface area contributed by atoms with Crippen LogP contribution in [0.3, 0.4) is 0 Å². The van der Waals surface area contributed by atoms with Gasteiger partial charge in [0.15, 0.2) is 0 Å². The van der Waals surface area contributed by atoms with Crippen molar-refractivity contribution in [2.75, 3.05) is 13.1 Å². The van der Waals surface area contributed by atoms with E-state index in [9.17, 15) is 9.90 Å². The van der Waals surface area contributed by atoms with Crippen molar-refractivity contribution in [1.29, 1.82) is 0 Å². The number of nitrogens with one attached hydrogen (secondary N) is 2. The van der Waals surface area contributed by atoms with E-state index in [4.69, 9.17) is 4.74 Å². The lowest BCUT2D eigenvalue weighted by Crippen LogP contribution is -2.19. The molecule has 0 saturated carbocycles. The van der Waals surface area contributed by atoms with Crippen LogP contribution in [0.2, 0.25) is 0 Å².